The highest BCUT2D eigenvalue weighted by atomic mass is 16.6. The van der Waals surface area contributed by atoms with Gasteiger partial charge in [0.05, 0.1) is 4.92 Å². The van der Waals surface area contributed by atoms with Crippen molar-refractivity contribution in [1.82, 2.24) is 4.90 Å². The highest BCUT2D eigenvalue weighted by Gasteiger charge is 2.12. The zero-order valence-electron chi connectivity index (χ0n) is 13.3. The first-order chi connectivity index (χ1) is 11.6. The quantitative estimate of drug-likeness (QED) is 0.675. The molecular formula is C18H19N3O3. The van der Waals surface area contributed by atoms with Crippen LogP contribution in [-0.2, 0) is 6.54 Å². The van der Waals surface area contributed by atoms with Crippen LogP contribution in [0.5, 0.6) is 0 Å². The van der Waals surface area contributed by atoms with E-state index in [1.54, 1.807) is 0 Å². The summed E-state index contributed by atoms with van der Waals surface area (Å²) in [5, 5.41) is 13.4. The number of nitrogens with one attached hydrogen (secondary N) is 1. The van der Waals surface area contributed by atoms with Crippen molar-refractivity contribution in [2.75, 3.05) is 18.4 Å². The van der Waals surface area contributed by atoms with Crippen LogP contribution in [0.25, 0.3) is 0 Å². The Bertz CT molecular complexity index is 720. The molecule has 124 valence electrons. The van der Waals surface area contributed by atoms with E-state index in [0.29, 0.717) is 11.3 Å². The SMILES string of the molecule is O=C(Nc1ccc(CN2CCCC2)cc1)c1ccc([N+](=O)[O-])cc1. The summed E-state index contributed by atoms with van der Waals surface area (Å²) < 4.78 is 0. The second kappa shape index (κ2) is 7.23. The van der Waals surface area contributed by atoms with E-state index in [4.69, 9.17) is 0 Å². The Balaban J connectivity index is 1.60. The van der Waals surface area contributed by atoms with Gasteiger partial charge in [0.15, 0.2) is 0 Å². The molecule has 0 radical (unpaired) electrons. The molecule has 0 atom stereocenters. The third-order valence-electron chi connectivity index (χ3n) is 4.16. The third-order valence-corrected chi connectivity index (χ3v) is 4.16. The molecule has 1 saturated heterocycles. The van der Waals surface area contributed by atoms with Gasteiger partial charge in [0.25, 0.3) is 11.6 Å². The van der Waals surface area contributed by atoms with Crippen molar-refractivity contribution in [1.29, 1.82) is 0 Å². The molecule has 1 fully saturated rings. The van der Waals surface area contributed by atoms with Crippen molar-refractivity contribution >= 4 is 17.3 Å². The Morgan fingerprint density at radius 2 is 1.67 bits per heavy atom. The number of rotatable bonds is 5. The van der Waals surface area contributed by atoms with Crippen molar-refractivity contribution in [2.45, 2.75) is 19.4 Å². The topological polar surface area (TPSA) is 75.5 Å². The standard InChI is InChI=1S/C18H19N3O3/c22-18(15-5-9-17(10-6-15)21(23)24)19-16-7-3-14(4-8-16)13-20-11-1-2-12-20/h3-10H,1-2,11-13H2,(H,19,22). The first-order valence-electron chi connectivity index (χ1n) is 7.99. The predicted molar refractivity (Wildman–Crippen MR) is 92.0 cm³/mol. The fraction of sp³-hybridized carbons (Fsp3) is 0.278. The zero-order valence-corrected chi connectivity index (χ0v) is 13.3. The highest BCUT2D eigenvalue weighted by Crippen LogP contribution is 2.17. The summed E-state index contributed by atoms with van der Waals surface area (Å²) in [6.45, 7) is 3.24. The molecular weight excluding hydrogens is 306 g/mol. The zero-order chi connectivity index (χ0) is 16.9. The molecule has 0 aliphatic carbocycles. The average Bonchev–Trinajstić information content (AvgIpc) is 3.09. The van der Waals surface area contributed by atoms with Gasteiger partial charge in [-0.25, -0.2) is 0 Å². The molecule has 0 unspecified atom stereocenters. The van der Waals surface area contributed by atoms with Gasteiger partial charge in [-0.3, -0.25) is 19.8 Å². The molecule has 6 nitrogen and oxygen atoms in total. The van der Waals surface area contributed by atoms with E-state index in [1.165, 1.54) is 42.7 Å². The molecule has 2 aromatic carbocycles. The molecule has 1 aliphatic heterocycles. The lowest BCUT2D eigenvalue weighted by Gasteiger charge is -2.14. The van der Waals surface area contributed by atoms with Crippen LogP contribution < -0.4 is 5.32 Å². The predicted octanol–water partition coefficient (Wildman–Crippen LogP) is 3.44. The number of carbonyl (C=O) groups is 1. The number of anilines is 1. The average molecular weight is 325 g/mol. The molecule has 1 aliphatic rings. The Morgan fingerprint density at radius 3 is 2.25 bits per heavy atom. The molecule has 2 aromatic rings. The Labute approximate surface area is 140 Å². The third kappa shape index (κ3) is 3.97. The summed E-state index contributed by atoms with van der Waals surface area (Å²) in [6, 6.07) is 13.4. The van der Waals surface area contributed by atoms with Crippen LogP contribution in [0, 0.1) is 10.1 Å². The van der Waals surface area contributed by atoms with Crippen LogP contribution in [0.3, 0.4) is 0 Å². The first kappa shape index (κ1) is 16.1. The fourth-order valence-electron chi connectivity index (χ4n) is 2.83. The summed E-state index contributed by atoms with van der Waals surface area (Å²) >= 11 is 0. The molecule has 24 heavy (non-hydrogen) atoms. The van der Waals surface area contributed by atoms with Crippen LogP contribution >= 0.6 is 0 Å². The van der Waals surface area contributed by atoms with Gasteiger partial charge in [0, 0.05) is 29.9 Å². The Morgan fingerprint density at radius 1 is 1.04 bits per heavy atom. The molecule has 0 aromatic heterocycles. The van der Waals surface area contributed by atoms with Gasteiger partial charge < -0.3 is 5.32 Å². The highest BCUT2D eigenvalue weighted by molar-refractivity contribution is 6.04. The number of likely N-dealkylation sites (tertiary alicyclic amines) is 1. The number of nitro groups is 1. The lowest BCUT2D eigenvalue weighted by atomic mass is 10.1. The van der Waals surface area contributed by atoms with Crippen molar-refractivity contribution in [3.8, 4) is 0 Å². The van der Waals surface area contributed by atoms with Crippen LogP contribution in [0.15, 0.2) is 48.5 Å². The maximum atomic E-state index is 12.2. The van der Waals surface area contributed by atoms with Crippen LogP contribution in [0.1, 0.15) is 28.8 Å². The molecule has 3 rings (SSSR count). The van der Waals surface area contributed by atoms with Crippen LogP contribution in [0.2, 0.25) is 0 Å². The summed E-state index contributed by atoms with van der Waals surface area (Å²) in [7, 11) is 0. The van der Waals surface area contributed by atoms with Crippen molar-refractivity contribution in [2.24, 2.45) is 0 Å². The van der Waals surface area contributed by atoms with Gasteiger partial charge in [-0.15, -0.1) is 0 Å². The van der Waals surface area contributed by atoms with Crippen LogP contribution in [0.4, 0.5) is 11.4 Å². The van der Waals surface area contributed by atoms with E-state index >= 15 is 0 Å². The van der Waals surface area contributed by atoms with Gasteiger partial charge >= 0.3 is 0 Å². The van der Waals surface area contributed by atoms with E-state index in [-0.39, 0.29) is 11.6 Å². The maximum Gasteiger partial charge on any atom is 0.269 e. The monoisotopic (exact) mass is 325 g/mol. The van der Waals surface area contributed by atoms with Crippen LogP contribution in [-0.4, -0.2) is 28.8 Å². The molecule has 1 heterocycles. The minimum absolute atomic E-state index is 0.0298. The molecule has 6 heteroatoms. The Kier molecular flexibility index (Phi) is 4.86. The number of hydrogen-bond acceptors (Lipinski definition) is 4. The maximum absolute atomic E-state index is 12.2. The van der Waals surface area contributed by atoms with Crippen molar-refractivity contribution in [3.63, 3.8) is 0 Å². The number of benzene rings is 2. The molecule has 0 spiro atoms. The molecule has 1 N–H and O–H groups in total. The minimum atomic E-state index is -0.485. The summed E-state index contributed by atoms with van der Waals surface area (Å²) in [4.78, 5) is 24.7. The number of amides is 1. The number of nitro benzene ring substituents is 1. The lowest BCUT2D eigenvalue weighted by Crippen LogP contribution is -2.18. The van der Waals surface area contributed by atoms with E-state index in [1.807, 2.05) is 24.3 Å². The van der Waals surface area contributed by atoms with E-state index in [2.05, 4.69) is 10.2 Å². The molecule has 1 amide bonds. The van der Waals surface area contributed by atoms with Gasteiger partial charge in [-0.05, 0) is 55.8 Å². The summed E-state index contributed by atoms with van der Waals surface area (Å²) in [5.41, 5.74) is 2.30. The summed E-state index contributed by atoms with van der Waals surface area (Å²) in [6.07, 6.45) is 2.53. The van der Waals surface area contributed by atoms with Gasteiger partial charge in [-0.1, -0.05) is 12.1 Å². The minimum Gasteiger partial charge on any atom is -0.322 e. The number of carbonyl (C=O) groups excluding carboxylic acids is 1. The summed E-state index contributed by atoms with van der Waals surface area (Å²) in [5.74, 6) is -0.280. The largest absolute Gasteiger partial charge is 0.322 e. The van der Waals surface area contributed by atoms with Gasteiger partial charge in [0.1, 0.15) is 0 Å². The normalized spacial score (nSPS) is 14.5. The second-order valence-electron chi connectivity index (χ2n) is 5.94. The Hall–Kier alpha value is -2.73. The lowest BCUT2D eigenvalue weighted by molar-refractivity contribution is -0.384. The number of non-ortho nitro benzene ring substituents is 1. The van der Waals surface area contributed by atoms with Gasteiger partial charge in [0.2, 0.25) is 0 Å². The fourth-order valence-corrected chi connectivity index (χ4v) is 2.83. The molecule has 0 saturated carbocycles. The van der Waals surface area contributed by atoms with Crippen molar-refractivity contribution < 1.29 is 9.72 Å². The molecule has 0 bridgehead atoms. The van der Waals surface area contributed by atoms with Crippen molar-refractivity contribution in [3.05, 3.63) is 69.8 Å². The number of nitrogens with zero attached hydrogens (tertiary/aromatic N) is 2. The van der Waals surface area contributed by atoms with E-state index < -0.39 is 4.92 Å². The number of hydrogen-bond donors (Lipinski definition) is 1. The first-order valence-corrected chi connectivity index (χ1v) is 7.99. The smallest absolute Gasteiger partial charge is 0.269 e. The van der Waals surface area contributed by atoms with Gasteiger partial charge in [-0.2, -0.15) is 0 Å². The second-order valence-corrected chi connectivity index (χ2v) is 5.94. The van der Waals surface area contributed by atoms with E-state index in [9.17, 15) is 14.9 Å². The van der Waals surface area contributed by atoms with E-state index in [0.717, 1.165) is 19.6 Å².